The zero-order valence-electron chi connectivity index (χ0n) is 13.6. The predicted molar refractivity (Wildman–Crippen MR) is 91.3 cm³/mol. The van der Waals surface area contributed by atoms with Crippen molar-refractivity contribution in [2.45, 2.75) is 71.2 Å². The standard InChI is InChI=1S/C14H29BN3O2P/c1-9(16-14(20)10(2)18-21)13(19)17-12(15(3)4)8-11-6-5-7-11/h9-12,18H,5-8,21H2,1-4H3,(H,16,20)(H,17,19)/t9-,10?,12-/m0/s1. The maximum Gasteiger partial charge on any atom is 0.241 e. The summed E-state index contributed by atoms with van der Waals surface area (Å²) in [5.74, 6) is 0.674. The van der Waals surface area contributed by atoms with Gasteiger partial charge in [-0.05, 0) is 26.2 Å². The zero-order chi connectivity index (χ0) is 16.0. The molecule has 1 aliphatic rings. The van der Waals surface area contributed by atoms with Gasteiger partial charge in [-0.25, -0.2) is 0 Å². The van der Waals surface area contributed by atoms with Gasteiger partial charge in [-0.3, -0.25) is 14.7 Å². The number of rotatable bonds is 8. The van der Waals surface area contributed by atoms with E-state index >= 15 is 0 Å². The molecule has 21 heavy (non-hydrogen) atoms. The van der Waals surface area contributed by atoms with Gasteiger partial charge in [0, 0.05) is 5.94 Å². The molecule has 2 amide bonds. The minimum atomic E-state index is -0.513. The Morgan fingerprint density at radius 1 is 1.14 bits per heavy atom. The van der Waals surface area contributed by atoms with Crippen LogP contribution < -0.4 is 15.7 Å². The number of hydrogen-bond acceptors (Lipinski definition) is 3. The summed E-state index contributed by atoms with van der Waals surface area (Å²) >= 11 is 0. The van der Waals surface area contributed by atoms with Gasteiger partial charge in [0.1, 0.15) is 6.04 Å². The lowest BCUT2D eigenvalue weighted by Crippen LogP contribution is -2.54. The monoisotopic (exact) mass is 313 g/mol. The highest BCUT2D eigenvalue weighted by atomic mass is 31.0. The van der Waals surface area contributed by atoms with Crippen LogP contribution in [-0.2, 0) is 9.59 Å². The van der Waals surface area contributed by atoms with E-state index in [1.165, 1.54) is 19.3 Å². The van der Waals surface area contributed by atoms with Crippen molar-refractivity contribution in [1.82, 2.24) is 15.7 Å². The fourth-order valence-corrected chi connectivity index (χ4v) is 2.52. The molecule has 0 saturated heterocycles. The van der Waals surface area contributed by atoms with Crippen LogP contribution in [0.4, 0.5) is 0 Å². The van der Waals surface area contributed by atoms with E-state index < -0.39 is 6.04 Å². The molecule has 5 nitrogen and oxygen atoms in total. The van der Waals surface area contributed by atoms with E-state index in [2.05, 4.69) is 38.8 Å². The van der Waals surface area contributed by atoms with Crippen LogP contribution in [0.3, 0.4) is 0 Å². The summed E-state index contributed by atoms with van der Waals surface area (Å²) in [6.45, 7) is 8.15. The lowest BCUT2D eigenvalue weighted by Gasteiger charge is -2.32. The highest BCUT2D eigenvalue weighted by Gasteiger charge is 2.28. The van der Waals surface area contributed by atoms with Crippen LogP contribution in [0.5, 0.6) is 0 Å². The van der Waals surface area contributed by atoms with Crippen molar-refractivity contribution in [3.8, 4) is 0 Å². The number of nitrogens with one attached hydrogen (secondary N) is 3. The van der Waals surface area contributed by atoms with Crippen LogP contribution >= 0.6 is 9.39 Å². The molecule has 1 rings (SSSR count). The van der Waals surface area contributed by atoms with Gasteiger partial charge in [-0.1, -0.05) is 42.3 Å². The third-order valence-electron chi connectivity index (χ3n) is 4.34. The quantitative estimate of drug-likeness (QED) is 0.466. The summed E-state index contributed by atoms with van der Waals surface area (Å²) in [6, 6.07) is -0.845. The van der Waals surface area contributed by atoms with Crippen molar-refractivity contribution in [3.05, 3.63) is 0 Å². The van der Waals surface area contributed by atoms with E-state index in [1.54, 1.807) is 13.8 Å². The summed E-state index contributed by atoms with van der Waals surface area (Å²) in [6.07, 6.45) is 4.93. The lowest BCUT2D eigenvalue weighted by atomic mass is 9.46. The Labute approximate surface area is 131 Å². The van der Waals surface area contributed by atoms with E-state index in [-0.39, 0.29) is 23.8 Å². The second-order valence-electron chi connectivity index (χ2n) is 6.51. The van der Waals surface area contributed by atoms with Crippen molar-refractivity contribution in [2.24, 2.45) is 5.92 Å². The summed E-state index contributed by atoms with van der Waals surface area (Å²) in [7, 11) is 2.31. The van der Waals surface area contributed by atoms with Gasteiger partial charge < -0.3 is 10.6 Å². The van der Waals surface area contributed by atoms with E-state index in [1.807, 2.05) is 0 Å². The second-order valence-corrected chi connectivity index (χ2v) is 6.84. The van der Waals surface area contributed by atoms with E-state index in [4.69, 9.17) is 0 Å². The third-order valence-corrected chi connectivity index (χ3v) is 4.84. The van der Waals surface area contributed by atoms with E-state index in [0.29, 0.717) is 6.71 Å². The molecule has 3 N–H and O–H groups in total. The first-order valence-corrected chi connectivity index (χ1v) is 8.49. The summed E-state index contributed by atoms with van der Waals surface area (Å²) < 4.78 is 0. The van der Waals surface area contributed by atoms with Crippen LogP contribution in [0.2, 0.25) is 13.6 Å². The molecule has 120 valence electrons. The molecule has 0 aromatic rings. The van der Waals surface area contributed by atoms with Crippen molar-refractivity contribution >= 4 is 27.9 Å². The van der Waals surface area contributed by atoms with E-state index in [0.717, 1.165) is 12.3 Å². The molecule has 0 aromatic heterocycles. The molecule has 1 aliphatic carbocycles. The zero-order valence-corrected chi connectivity index (χ0v) is 14.8. The highest BCUT2D eigenvalue weighted by Crippen LogP contribution is 2.30. The molecular formula is C14H29BN3O2P. The van der Waals surface area contributed by atoms with Gasteiger partial charge in [-0.2, -0.15) is 0 Å². The molecule has 7 heteroatoms. The average Bonchev–Trinajstić information content (AvgIpc) is 2.39. The Morgan fingerprint density at radius 3 is 2.14 bits per heavy atom. The van der Waals surface area contributed by atoms with Crippen LogP contribution in [0.25, 0.3) is 0 Å². The molecular weight excluding hydrogens is 284 g/mol. The fraction of sp³-hybridized carbons (Fsp3) is 0.857. The maximum atomic E-state index is 12.2. The number of carbonyl (C=O) groups excluding carboxylic acids is 2. The van der Waals surface area contributed by atoms with Crippen molar-refractivity contribution < 1.29 is 9.59 Å². The molecule has 2 unspecified atom stereocenters. The van der Waals surface area contributed by atoms with Crippen LogP contribution in [0.1, 0.15) is 39.5 Å². The number of hydrogen-bond donors (Lipinski definition) is 3. The Balaban J connectivity index is 2.45. The first kappa shape index (κ1) is 18.4. The van der Waals surface area contributed by atoms with Gasteiger partial charge in [0.25, 0.3) is 0 Å². The molecule has 0 radical (unpaired) electrons. The van der Waals surface area contributed by atoms with Gasteiger partial charge in [-0.15, -0.1) is 0 Å². The van der Waals surface area contributed by atoms with Crippen molar-refractivity contribution in [1.29, 1.82) is 0 Å². The van der Waals surface area contributed by atoms with Crippen molar-refractivity contribution in [2.75, 3.05) is 0 Å². The SMILES string of the molecule is CB(C)[C@H](CC1CCC1)NC(=O)[C@H](C)NC(=O)C(C)NP. The van der Waals surface area contributed by atoms with Gasteiger partial charge >= 0.3 is 0 Å². The van der Waals surface area contributed by atoms with Crippen LogP contribution in [0.15, 0.2) is 0 Å². The highest BCUT2D eigenvalue weighted by molar-refractivity contribution is 7.13. The fourth-order valence-electron chi connectivity index (χ4n) is 2.37. The summed E-state index contributed by atoms with van der Waals surface area (Å²) in [5.41, 5.74) is 0. The third kappa shape index (κ3) is 5.95. The van der Waals surface area contributed by atoms with Crippen LogP contribution in [0, 0.1) is 5.92 Å². The van der Waals surface area contributed by atoms with Gasteiger partial charge in [0.2, 0.25) is 11.8 Å². The minimum Gasteiger partial charge on any atom is -0.359 e. The predicted octanol–water partition coefficient (Wildman–Crippen LogP) is 1.23. The number of amides is 2. The molecule has 0 bridgehead atoms. The molecule has 0 aliphatic heterocycles. The Morgan fingerprint density at radius 2 is 1.71 bits per heavy atom. The second kappa shape index (κ2) is 8.74. The van der Waals surface area contributed by atoms with Crippen LogP contribution in [-0.4, -0.2) is 36.6 Å². The summed E-state index contributed by atoms with van der Waals surface area (Å²) in [4.78, 5) is 24.0. The maximum absolute atomic E-state index is 12.2. The largest absolute Gasteiger partial charge is 0.359 e. The molecule has 0 aromatic carbocycles. The Hall–Kier alpha value is -0.605. The average molecular weight is 313 g/mol. The van der Waals surface area contributed by atoms with E-state index in [9.17, 15) is 9.59 Å². The Bertz CT molecular complexity index is 364. The molecule has 4 atom stereocenters. The van der Waals surface area contributed by atoms with Crippen molar-refractivity contribution in [3.63, 3.8) is 0 Å². The molecule has 0 spiro atoms. The Kier molecular flexibility index (Phi) is 7.68. The molecule has 0 heterocycles. The normalized spacial score (nSPS) is 19.1. The molecule has 1 saturated carbocycles. The topological polar surface area (TPSA) is 70.2 Å². The van der Waals surface area contributed by atoms with Gasteiger partial charge in [0.15, 0.2) is 6.71 Å². The summed E-state index contributed by atoms with van der Waals surface area (Å²) in [5, 5.41) is 8.61. The molecule has 1 fully saturated rings. The smallest absolute Gasteiger partial charge is 0.241 e. The van der Waals surface area contributed by atoms with Gasteiger partial charge in [0.05, 0.1) is 6.04 Å². The number of carbonyl (C=O) groups is 2. The first-order chi connectivity index (χ1) is 9.85. The minimum absolute atomic E-state index is 0.0997. The first-order valence-electron chi connectivity index (χ1n) is 7.92. The lowest BCUT2D eigenvalue weighted by molar-refractivity contribution is -0.129.